The van der Waals surface area contributed by atoms with E-state index in [2.05, 4.69) is 15.2 Å². The Labute approximate surface area is 119 Å². The first-order valence-electron chi connectivity index (χ1n) is 6.91. The molecule has 1 aromatic rings. The van der Waals surface area contributed by atoms with Crippen LogP contribution in [0.25, 0.3) is 0 Å². The van der Waals surface area contributed by atoms with E-state index in [0.717, 1.165) is 31.5 Å². The summed E-state index contributed by atoms with van der Waals surface area (Å²) in [5, 5.41) is 2.91. The van der Waals surface area contributed by atoms with Crippen LogP contribution in [0.15, 0.2) is 18.3 Å². The van der Waals surface area contributed by atoms with Crippen molar-refractivity contribution < 1.29 is 9.53 Å². The van der Waals surface area contributed by atoms with Crippen LogP contribution in [0.4, 0.5) is 0 Å². The number of ether oxygens (including phenoxy) is 1. The summed E-state index contributed by atoms with van der Waals surface area (Å²) < 4.78 is 5.05. The van der Waals surface area contributed by atoms with Crippen LogP contribution in [0.5, 0.6) is 5.88 Å². The van der Waals surface area contributed by atoms with Gasteiger partial charge in [0.25, 0.3) is 0 Å². The molecule has 2 rings (SSSR count). The van der Waals surface area contributed by atoms with E-state index < -0.39 is 0 Å². The molecule has 2 heterocycles. The molecular weight excluding hydrogens is 256 g/mol. The number of likely N-dealkylation sites (tertiary alicyclic amines) is 1. The largest absolute Gasteiger partial charge is 0.481 e. The van der Waals surface area contributed by atoms with Gasteiger partial charge in [-0.25, -0.2) is 4.98 Å². The van der Waals surface area contributed by atoms with Gasteiger partial charge in [-0.05, 0) is 24.5 Å². The van der Waals surface area contributed by atoms with Crippen LogP contribution in [0.3, 0.4) is 0 Å². The van der Waals surface area contributed by atoms with Gasteiger partial charge in [0.05, 0.1) is 13.7 Å². The van der Waals surface area contributed by atoms with Gasteiger partial charge in [0.2, 0.25) is 11.8 Å². The third-order valence-corrected chi connectivity index (χ3v) is 3.50. The molecule has 0 aliphatic carbocycles. The van der Waals surface area contributed by atoms with Gasteiger partial charge in [0, 0.05) is 37.9 Å². The number of rotatable bonds is 5. The summed E-state index contributed by atoms with van der Waals surface area (Å²) in [5.41, 5.74) is 6.82. The normalized spacial score (nSPS) is 16.9. The van der Waals surface area contributed by atoms with Gasteiger partial charge in [0.1, 0.15) is 0 Å². The maximum Gasteiger partial charge on any atom is 0.234 e. The molecule has 1 aromatic heterocycles. The first-order chi connectivity index (χ1) is 9.67. The Morgan fingerprint density at radius 3 is 3.00 bits per heavy atom. The molecule has 3 N–H and O–H groups in total. The minimum Gasteiger partial charge on any atom is -0.481 e. The highest BCUT2D eigenvalue weighted by molar-refractivity contribution is 5.78. The van der Waals surface area contributed by atoms with Gasteiger partial charge in [-0.3, -0.25) is 9.69 Å². The van der Waals surface area contributed by atoms with Crippen molar-refractivity contribution in [3.05, 3.63) is 23.9 Å². The summed E-state index contributed by atoms with van der Waals surface area (Å²) in [5.74, 6) is 0.595. The Morgan fingerprint density at radius 1 is 1.55 bits per heavy atom. The Kier molecular flexibility index (Phi) is 5.31. The summed E-state index contributed by atoms with van der Waals surface area (Å²) in [4.78, 5) is 18.1. The molecule has 20 heavy (non-hydrogen) atoms. The molecule has 0 unspecified atom stereocenters. The zero-order valence-corrected chi connectivity index (χ0v) is 11.8. The molecule has 6 nitrogen and oxygen atoms in total. The number of aromatic nitrogens is 1. The number of pyridine rings is 1. The van der Waals surface area contributed by atoms with Gasteiger partial charge in [-0.2, -0.15) is 0 Å². The van der Waals surface area contributed by atoms with Crippen molar-refractivity contribution >= 4 is 5.91 Å². The van der Waals surface area contributed by atoms with E-state index in [-0.39, 0.29) is 5.91 Å². The Morgan fingerprint density at radius 2 is 2.30 bits per heavy atom. The highest BCUT2D eigenvalue weighted by Gasteiger charge is 2.17. The molecule has 0 atom stereocenters. The van der Waals surface area contributed by atoms with Gasteiger partial charge in [-0.15, -0.1) is 0 Å². The summed E-state index contributed by atoms with van der Waals surface area (Å²) >= 11 is 0. The summed E-state index contributed by atoms with van der Waals surface area (Å²) in [6, 6.07) is 3.97. The van der Waals surface area contributed by atoms with Crippen LogP contribution in [0.1, 0.15) is 18.4 Å². The van der Waals surface area contributed by atoms with E-state index >= 15 is 0 Å². The van der Waals surface area contributed by atoms with Crippen molar-refractivity contribution in [2.24, 2.45) is 5.73 Å². The monoisotopic (exact) mass is 278 g/mol. The number of methoxy groups -OCH3 is 1. The van der Waals surface area contributed by atoms with Gasteiger partial charge < -0.3 is 15.8 Å². The van der Waals surface area contributed by atoms with Crippen molar-refractivity contribution in [2.75, 3.05) is 26.7 Å². The highest BCUT2D eigenvalue weighted by Crippen LogP contribution is 2.09. The van der Waals surface area contributed by atoms with Gasteiger partial charge in [0.15, 0.2) is 0 Å². The standard InChI is InChI=1S/C14H22N4O2/c1-20-14-8-11(2-5-16-14)9-17-13(19)10-18-6-3-12(15)4-7-18/h2,5,8,12H,3-4,6-7,9-10,15H2,1H3,(H,17,19). The minimum absolute atomic E-state index is 0.0382. The Hall–Kier alpha value is -1.66. The molecule has 1 amide bonds. The van der Waals surface area contributed by atoms with Crippen LogP contribution in [-0.4, -0.2) is 48.6 Å². The van der Waals surface area contributed by atoms with E-state index in [1.165, 1.54) is 0 Å². The van der Waals surface area contributed by atoms with E-state index in [9.17, 15) is 4.79 Å². The lowest BCUT2D eigenvalue weighted by molar-refractivity contribution is -0.122. The van der Waals surface area contributed by atoms with Crippen LogP contribution < -0.4 is 15.8 Å². The number of amides is 1. The van der Waals surface area contributed by atoms with E-state index in [1.807, 2.05) is 12.1 Å². The molecule has 1 aliphatic heterocycles. The number of carbonyl (C=O) groups is 1. The second kappa shape index (κ2) is 7.21. The molecule has 110 valence electrons. The predicted octanol–water partition coefficient (Wildman–Crippen LogP) is 0.130. The van der Waals surface area contributed by atoms with Gasteiger partial charge in [-0.1, -0.05) is 0 Å². The lowest BCUT2D eigenvalue weighted by Gasteiger charge is -2.29. The number of nitrogens with zero attached hydrogens (tertiary/aromatic N) is 2. The maximum atomic E-state index is 11.9. The molecule has 0 aromatic carbocycles. The summed E-state index contributed by atoms with van der Waals surface area (Å²) in [7, 11) is 1.58. The Bertz CT molecular complexity index is 445. The summed E-state index contributed by atoms with van der Waals surface area (Å²) in [6.45, 7) is 2.73. The van der Waals surface area contributed by atoms with Crippen molar-refractivity contribution in [2.45, 2.75) is 25.4 Å². The van der Waals surface area contributed by atoms with Crippen LogP contribution in [-0.2, 0) is 11.3 Å². The quantitative estimate of drug-likeness (QED) is 0.800. The average Bonchev–Trinajstić information content (AvgIpc) is 2.48. The third kappa shape index (κ3) is 4.47. The molecule has 1 aliphatic rings. The SMILES string of the molecule is COc1cc(CNC(=O)CN2CCC(N)CC2)ccn1. The van der Waals surface area contributed by atoms with Crippen LogP contribution >= 0.6 is 0 Å². The maximum absolute atomic E-state index is 11.9. The first-order valence-corrected chi connectivity index (χ1v) is 6.91. The van der Waals surface area contributed by atoms with Crippen LogP contribution in [0.2, 0.25) is 0 Å². The zero-order chi connectivity index (χ0) is 14.4. The molecule has 6 heteroatoms. The van der Waals surface area contributed by atoms with Gasteiger partial charge >= 0.3 is 0 Å². The van der Waals surface area contributed by atoms with E-state index in [0.29, 0.717) is 25.0 Å². The summed E-state index contributed by atoms with van der Waals surface area (Å²) in [6.07, 6.45) is 3.61. The van der Waals surface area contributed by atoms with Crippen molar-refractivity contribution in [3.8, 4) is 5.88 Å². The number of piperidine rings is 1. The van der Waals surface area contributed by atoms with Crippen molar-refractivity contribution in [1.82, 2.24) is 15.2 Å². The smallest absolute Gasteiger partial charge is 0.234 e. The second-order valence-electron chi connectivity index (χ2n) is 5.10. The average molecular weight is 278 g/mol. The topological polar surface area (TPSA) is 80.5 Å². The number of hydrogen-bond donors (Lipinski definition) is 2. The molecule has 1 fully saturated rings. The van der Waals surface area contributed by atoms with E-state index in [1.54, 1.807) is 13.3 Å². The van der Waals surface area contributed by atoms with Crippen molar-refractivity contribution in [1.29, 1.82) is 0 Å². The highest BCUT2D eigenvalue weighted by atomic mass is 16.5. The molecule has 0 spiro atoms. The fourth-order valence-corrected chi connectivity index (χ4v) is 2.24. The second-order valence-corrected chi connectivity index (χ2v) is 5.10. The number of nitrogens with one attached hydrogen (secondary N) is 1. The number of carbonyl (C=O) groups excluding carboxylic acids is 1. The molecule has 1 saturated heterocycles. The zero-order valence-electron chi connectivity index (χ0n) is 11.8. The number of nitrogens with two attached hydrogens (primary N) is 1. The lowest BCUT2D eigenvalue weighted by atomic mass is 10.1. The molecule has 0 radical (unpaired) electrons. The molecule has 0 bridgehead atoms. The molecular formula is C14H22N4O2. The molecule has 0 saturated carbocycles. The first kappa shape index (κ1) is 14.7. The fraction of sp³-hybridized carbons (Fsp3) is 0.571. The third-order valence-electron chi connectivity index (χ3n) is 3.50. The Balaban J connectivity index is 1.74. The van der Waals surface area contributed by atoms with E-state index in [4.69, 9.17) is 10.5 Å². The minimum atomic E-state index is 0.0382. The predicted molar refractivity (Wildman–Crippen MR) is 76.3 cm³/mol. The lowest BCUT2D eigenvalue weighted by Crippen LogP contribution is -2.44. The fourth-order valence-electron chi connectivity index (χ4n) is 2.24. The van der Waals surface area contributed by atoms with Crippen molar-refractivity contribution in [3.63, 3.8) is 0 Å². The number of hydrogen-bond acceptors (Lipinski definition) is 5. The van der Waals surface area contributed by atoms with Crippen LogP contribution in [0, 0.1) is 0 Å².